The van der Waals surface area contributed by atoms with Crippen molar-refractivity contribution in [3.05, 3.63) is 0 Å². The van der Waals surface area contributed by atoms with Crippen molar-refractivity contribution in [2.24, 2.45) is 5.41 Å². The zero-order valence-electron chi connectivity index (χ0n) is 14.6. The molecule has 124 valence electrons. The summed E-state index contributed by atoms with van der Waals surface area (Å²) in [5, 5.41) is 13.2. The number of Topliss-reactive ketones (excluding diaryl/α,β-unsaturated/α-hetero) is 1. The average molecular weight is 299 g/mol. The number of carbonyl (C=O) groups excluding carboxylic acids is 2. The molecule has 0 aromatic heterocycles. The van der Waals surface area contributed by atoms with Gasteiger partial charge in [-0.05, 0) is 25.2 Å². The maximum absolute atomic E-state index is 12.3. The summed E-state index contributed by atoms with van der Waals surface area (Å²) in [6, 6.07) is -0.549. The Morgan fingerprint density at radius 2 is 1.48 bits per heavy atom. The van der Waals surface area contributed by atoms with Crippen LogP contribution in [0.3, 0.4) is 0 Å². The highest BCUT2D eigenvalue weighted by molar-refractivity contribution is 5.91. The van der Waals surface area contributed by atoms with Gasteiger partial charge in [0.2, 0.25) is 0 Å². The summed E-state index contributed by atoms with van der Waals surface area (Å²) in [6.07, 6.45) is 4.84. The molecule has 1 saturated carbocycles. The molecule has 1 atom stereocenters. The van der Waals surface area contributed by atoms with Crippen molar-refractivity contribution >= 4 is 11.7 Å². The van der Waals surface area contributed by atoms with E-state index < -0.39 is 11.6 Å². The Bertz CT molecular complexity index is 336. The second kappa shape index (κ2) is 8.52. The van der Waals surface area contributed by atoms with E-state index in [4.69, 9.17) is 0 Å². The van der Waals surface area contributed by atoms with Gasteiger partial charge in [0.15, 0.2) is 5.78 Å². The molecular weight excluding hydrogens is 266 g/mol. The maximum atomic E-state index is 12.3. The zero-order chi connectivity index (χ0) is 16.7. The van der Waals surface area contributed by atoms with Gasteiger partial charge in [0.1, 0.15) is 5.60 Å². The van der Waals surface area contributed by atoms with E-state index >= 15 is 0 Å². The van der Waals surface area contributed by atoms with Gasteiger partial charge in [-0.1, -0.05) is 60.3 Å². The summed E-state index contributed by atoms with van der Waals surface area (Å²) in [6.45, 7) is 11.2. The number of ketones is 1. The van der Waals surface area contributed by atoms with Crippen molar-refractivity contribution < 1.29 is 14.7 Å². The van der Waals surface area contributed by atoms with Gasteiger partial charge in [0.05, 0.1) is 6.04 Å². The SMILES string of the molecule is CC.CC(=O)C(NC(=O)C1(O)CCCCCC1)C(C)(C)C. The molecular formula is C17H33NO3. The third-order valence-electron chi connectivity index (χ3n) is 3.90. The molecule has 1 aliphatic rings. The average Bonchev–Trinajstić information content (AvgIpc) is 2.62. The number of aliphatic hydroxyl groups is 1. The van der Waals surface area contributed by atoms with Crippen LogP contribution in [-0.4, -0.2) is 28.4 Å². The zero-order valence-corrected chi connectivity index (χ0v) is 14.6. The van der Waals surface area contributed by atoms with Crippen molar-refractivity contribution in [3.63, 3.8) is 0 Å². The van der Waals surface area contributed by atoms with Crippen LogP contribution in [0, 0.1) is 5.41 Å². The van der Waals surface area contributed by atoms with E-state index in [0.717, 1.165) is 25.7 Å². The topological polar surface area (TPSA) is 66.4 Å². The predicted molar refractivity (Wildman–Crippen MR) is 86.1 cm³/mol. The second-order valence-corrected chi connectivity index (χ2v) is 6.83. The summed E-state index contributed by atoms with van der Waals surface area (Å²) in [5.41, 5.74) is -1.64. The number of nitrogens with one attached hydrogen (secondary N) is 1. The fourth-order valence-corrected chi connectivity index (χ4v) is 2.73. The highest BCUT2D eigenvalue weighted by Gasteiger charge is 2.39. The molecule has 0 bridgehead atoms. The molecule has 1 aliphatic carbocycles. The van der Waals surface area contributed by atoms with Gasteiger partial charge in [-0.3, -0.25) is 9.59 Å². The van der Waals surface area contributed by atoms with Crippen LogP contribution in [0.5, 0.6) is 0 Å². The van der Waals surface area contributed by atoms with Gasteiger partial charge in [-0.2, -0.15) is 0 Å². The summed E-state index contributed by atoms with van der Waals surface area (Å²) in [4.78, 5) is 24.0. The van der Waals surface area contributed by atoms with Gasteiger partial charge in [-0.15, -0.1) is 0 Å². The molecule has 0 aromatic rings. The van der Waals surface area contributed by atoms with Crippen LogP contribution in [0.25, 0.3) is 0 Å². The Morgan fingerprint density at radius 3 is 1.81 bits per heavy atom. The van der Waals surface area contributed by atoms with Gasteiger partial charge in [0, 0.05) is 0 Å². The standard InChI is InChI=1S/C15H27NO3.C2H6/c1-11(17)12(14(2,3)4)16-13(18)15(19)9-7-5-6-8-10-15;1-2/h12,19H,5-10H2,1-4H3,(H,16,18);1-2H3. The lowest BCUT2D eigenvalue weighted by molar-refractivity contribution is -0.144. The van der Waals surface area contributed by atoms with Crippen molar-refractivity contribution in [1.82, 2.24) is 5.32 Å². The summed E-state index contributed by atoms with van der Waals surface area (Å²) < 4.78 is 0. The van der Waals surface area contributed by atoms with Crippen LogP contribution in [0.1, 0.15) is 80.1 Å². The molecule has 0 heterocycles. The Morgan fingerprint density at radius 1 is 1.05 bits per heavy atom. The largest absolute Gasteiger partial charge is 0.380 e. The number of carbonyl (C=O) groups is 2. The van der Waals surface area contributed by atoms with Gasteiger partial charge >= 0.3 is 0 Å². The van der Waals surface area contributed by atoms with E-state index in [1.54, 1.807) is 0 Å². The van der Waals surface area contributed by atoms with Gasteiger partial charge in [-0.25, -0.2) is 0 Å². The first-order valence-corrected chi connectivity index (χ1v) is 8.20. The molecule has 0 radical (unpaired) electrons. The Hall–Kier alpha value is -0.900. The Labute approximate surface area is 129 Å². The van der Waals surface area contributed by atoms with Crippen molar-refractivity contribution in [3.8, 4) is 0 Å². The lowest BCUT2D eigenvalue weighted by atomic mass is 9.83. The van der Waals surface area contributed by atoms with Crippen LogP contribution in [0.4, 0.5) is 0 Å². The second-order valence-electron chi connectivity index (χ2n) is 6.83. The molecule has 0 aromatic carbocycles. The molecule has 1 amide bonds. The van der Waals surface area contributed by atoms with E-state index in [0.29, 0.717) is 12.8 Å². The normalized spacial score (nSPS) is 19.6. The van der Waals surface area contributed by atoms with Crippen LogP contribution >= 0.6 is 0 Å². The molecule has 4 nitrogen and oxygen atoms in total. The third kappa shape index (κ3) is 6.16. The number of amides is 1. The van der Waals surface area contributed by atoms with Gasteiger partial charge < -0.3 is 10.4 Å². The fraction of sp³-hybridized carbons (Fsp3) is 0.882. The van der Waals surface area contributed by atoms with E-state index in [2.05, 4.69) is 5.32 Å². The Balaban J connectivity index is 0.00000191. The minimum absolute atomic E-state index is 0.0712. The maximum Gasteiger partial charge on any atom is 0.252 e. The molecule has 0 spiro atoms. The monoisotopic (exact) mass is 299 g/mol. The molecule has 0 aliphatic heterocycles. The van der Waals surface area contributed by atoms with Crippen molar-refractivity contribution in [2.45, 2.75) is 91.7 Å². The minimum Gasteiger partial charge on any atom is -0.380 e. The molecule has 1 fully saturated rings. The van der Waals surface area contributed by atoms with Crippen LogP contribution < -0.4 is 5.32 Å². The van der Waals surface area contributed by atoms with E-state index in [9.17, 15) is 14.7 Å². The third-order valence-corrected chi connectivity index (χ3v) is 3.90. The smallest absolute Gasteiger partial charge is 0.252 e. The summed E-state index contributed by atoms with van der Waals surface area (Å²) in [5.74, 6) is -0.456. The summed E-state index contributed by atoms with van der Waals surface area (Å²) >= 11 is 0. The Kier molecular flexibility index (Phi) is 8.16. The number of hydrogen-bond donors (Lipinski definition) is 2. The molecule has 21 heavy (non-hydrogen) atoms. The predicted octanol–water partition coefficient (Wildman–Crippen LogP) is 3.22. The molecule has 1 rings (SSSR count). The highest BCUT2D eigenvalue weighted by Crippen LogP contribution is 2.28. The van der Waals surface area contributed by atoms with E-state index in [1.807, 2.05) is 34.6 Å². The first kappa shape index (κ1) is 20.1. The molecule has 4 heteroatoms. The molecule has 1 unspecified atom stereocenters. The fourth-order valence-electron chi connectivity index (χ4n) is 2.73. The van der Waals surface area contributed by atoms with Gasteiger partial charge in [0.25, 0.3) is 5.91 Å². The lowest BCUT2D eigenvalue weighted by Crippen LogP contribution is -2.55. The van der Waals surface area contributed by atoms with Crippen LogP contribution in [-0.2, 0) is 9.59 Å². The number of rotatable bonds is 3. The van der Waals surface area contributed by atoms with E-state index in [1.165, 1.54) is 6.92 Å². The summed E-state index contributed by atoms with van der Waals surface area (Å²) in [7, 11) is 0. The number of hydrogen-bond acceptors (Lipinski definition) is 3. The lowest BCUT2D eigenvalue weighted by Gasteiger charge is -2.33. The van der Waals surface area contributed by atoms with E-state index in [-0.39, 0.29) is 17.1 Å². The van der Waals surface area contributed by atoms with Crippen LogP contribution in [0.15, 0.2) is 0 Å². The molecule has 2 N–H and O–H groups in total. The minimum atomic E-state index is -1.30. The quantitative estimate of drug-likeness (QED) is 0.786. The van der Waals surface area contributed by atoms with Crippen molar-refractivity contribution in [1.29, 1.82) is 0 Å². The highest BCUT2D eigenvalue weighted by atomic mass is 16.3. The van der Waals surface area contributed by atoms with Crippen molar-refractivity contribution in [2.75, 3.05) is 0 Å². The van der Waals surface area contributed by atoms with Crippen LogP contribution in [0.2, 0.25) is 0 Å². The first-order valence-electron chi connectivity index (χ1n) is 8.20. The first-order chi connectivity index (χ1) is 9.67. The molecule has 0 saturated heterocycles.